The summed E-state index contributed by atoms with van der Waals surface area (Å²) in [6, 6.07) is 5.06. The third kappa shape index (κ3) is 4.15. The Morgan fingerprint density at radius 1 is 1.25 bits per heavy atom. The number of hydrogen-bond acceptors (Lipinski definition) is 3. The van der Waals surface area contributed by atoms with Crippen molar-refractivity contribution in [2.75, 3.05) is 5.32 Å². The van der Waals surface area contributed by atoms with Crippen molar-refractivity contribution in [3.8, 4) is 0 Å². The minimum absolute atomic E-state index is 0.168. The van der Waals surface area contributed by atoms with Gasteiger partial charge in [-0.15, -0.1) is 0 Å². The van der Waals surface area contributed by atoms with Crippen molar-refractivity contribution in [1.82, 2.24) is 9.97 Å². The van der Waals surface area contributed by atoms with Gasteiger partial charge in [-0.3, -0.25) is 4.79 Å². The van der Waals surface area contributed by atoms with Crippen LogP contribution in [0.25, 0.3) is 0 Å². The Hall–Kier alpha value is -0.690. The zero-order chi connectivity index (χ0) is 14.7. The van der Waals surface area contributed by atoms with E-state index in [1.165, 1.54) is 6.20 Å². The monoisotopic (exact) mass is 437 g/mol. The number of amides is 1. The van der Waals surface area contributed by atoms with Gasteiger partial charge < -0.3 is 5.32 Å². The molecule has 0 aliphatic heterocycles. The molecule has 104 valence electrons. The lowest BCUT2D eigenvalue weighted by molar-refractivity contribution is -0.115. The molecular weight excluding hydrogens is 433 g/mol. The molecule has 0 aliphatic carbocycles. The van der Waals surface area contributed by atoms with Gasteiger partial charge in [-0.2, -0.15) is 0 Å². The Labute approximate surface area is 142 Å². The average Bonchev–Trinajstić information content (AvgIpc) is 2.37. The first-order chi connectivity index (χ1) is 9.45. The second-order valence-corrected chi connectivity index (χ2v) is 6.18. The highest BCUT2D eigenvalue weighted by molar-refractivity contribution is 9.11. The van der Waals surface area contributed by atoms with E-state index in [9.17, 15) is 4.79 Å². The molecule has 4 nitrogen and oxygen atoms in total. The lowest BCUT2D eigenvalue weighted by Gasteiger charge is -2.06. The second-order valence-electron chi connectivity index (χ2n) is 3.81. The third-order valence-electron chi connectivity index (χ3n) is 2.31. The highest BCUT2D eigenvalue weighted by atomic mass is 79.9. The number of rotatable bonds is 3. The van der Waals surface area contributed by atoms with E-state index in [1.807, 2.05) is 0 Å². The summed E-state index contributed by atoms with van der Waals surface area (Å²) in [5, 5.41) is 3.54. The second kappa shape index (κ2) is 6.85. The molecule has 0 saturated heterocycles. The number of hydrogen-bond donors (Lipinski definition) is 1. The Morgan fingerprint density at radius 3 is 2.65 bits per heavy atom. The van der Waals surface area contributed by atoms with Gasteiger partial charge in [0.1, 0.15) is 9.21 Å². The van der Waals surface area contributed by atoms with Crippen molar-refractivity contribution in [2.45, 2.75) is 6.42 Å². The molecule has 0 radical (unpaired) electrons. The van der Waals surface area contributed by atoms with Gasteiger partial charge in [0.2, 0.25) is 5.91 Å². The van der Waals surface area contributed by atoms with E-state index in [0.717, 1.165) is 5.56 Å². The van der Waals surface area contributed by atoms with Gasteiger partial charge in [0, 0.05) is 0 Å². The molecule has 0 saturated carbocycles. The van der Waals surface area contributed by atoms with E-state index >= 15 is 0 Å². The quantitative estimate of drug-likeness (QED) is 0.766. The van der Waals surface area contributed by atoms with Crippen LogP contribution in [-0.2, 0) is 11.2 Å². The zero-order valence-corrected chi connectivity index (χ0v) is 14.5. The molecule has 0 bridgehead atoms. The van der Waals surface area contributed by atoms with E-state index in [2.05, 4.69) is 47.1 Å². The number of carbonyl (C=O) groups is 1. The summed E-state index contributed by atoms with van der Waals surface area (Å²) in [6.45, 7) is 0. The van der Waals surface area contributed by atoms with Crippen LogP contribution in [0.5, 0.6) is 0 Å². The average molecular weight is 440 g/mol. The van der Waals surface area contributed by atoms with Crippen LogP contribution in [0, 0.1) is 0 Å². The van der Waals surface area contributed by atoms with Gasteiger partial charge in [0.25, 0.3) is 0 Å². The molecule has 0 atom stereocenters. The summed E-state index contributed by atoms with van der Waals surface area (Å²) in [6.07, 6.45) is 1.67. The number of carbonyl (C=O) groups excluding carboxylic acids is 1. The van der Waals surface area contributed by atoms with Crippen molar-refractivity contribution in [1.29, 1.82) is 0 Å². The fourth-order valence-corrected chi connectivity index (χ4v) is 2.67. The van der Waals surface area contributed by atoms with Crippen LogP contribution in [0.1, 0.15) is 5.56 Å². The number of aromatic nitrogens is 2. The summed E-state index contributed by atoms with van der Waals surface area (Å²) < 4.78 is 1.03. The maximum absolute atomic E-state index is 11.9. The number of halogens is 4. The van der Waals surface area contributed by atoms with E-state index in [0.29, 0.717) is 25.1 Å². The molecule has 1 N–H and O–H groups in total. The molecule has 1 aromatic heterocycles. The smallest absolute Gasteiger partial charge is 0.230 e. The van der Waals surface area contributed by atoms with E-state index < -0.39 is 0 Å². The van der Waals surface area contributed by atoms with E-state index in [1.54, 1.807) is 18.2 Å². The molecule has 20 heavy (non-hydrogen) atoms. The predicted octanol–water partition coefficient (Wildman–Crippen LogP) is 4.49. The van der Waals surface area contributed by atoms with Crippen LogP contribution in [0.15, 0.2) is 33.6 Å². The van der Waals surface area contributed by atoms with Gasteiger partial charge in [-0.05, 0) is 49.6 Å². The minimum atomic E-state index is -0.222. The van der Waals surface area contributed by atoms with Crippen molar-refractivity contribution < 1.29 is 4.79 Å². The van der Waals surface area contributed by atoms with Gasteiger partial charge >= 0.3 is 0 Å². The van der Waals surface area contributed by atoms with Crippen LogP contribution in [0.3, 0.4) is 0 Å². The molecule has 0 unspecified atom stereocenters. The highest BCUT2D eigenvalue weighted by Gasteiger charge is 2.10. The molecular formula is C12H7Br2Cl2N3O. The molecule has 8 heteroatoms. The molecule has 1 amide bonds. The van der Waals surface area contributed by atoms with Crippen molar-refractivity contribution in [2.24, 2.45) is 0 Å². The number of nitrogens with zero attached hydrogens (tertiary/aromatic N) is 2. The minimum Gasteiger partial charge on any atom is -0.308 e. The Kier molecular flexibility index (Phi) is 5.37. The lowest BCUT2D eigenvalue weighted by Crippen LogP contribution is -2.16. The van der Waals surface area contributed by atoms with Gasteiger partial charge in [-0.1, -0.05) is 29.3 Å². The van der Waals surface area contributed by atoms with Crippen molar-refractivity contribution in [3.63, 3.8) is 0 Å². The first kappa shape index (κ1) is 15.7. The van der Waals surface area contributed by atoms with Crippen LogP contribution in [0.2, 0.25) is 10.0 Å². The molecule has 1 aromatic carbocycles. The fourth-order valence-electron chi connectivity index (χ4n) is 1.44. The SMILES string of the molecule is O=C(Cc1ccc(Cl)c(Cl)c1)Nc1ncc(Br)nc1Br. The molecule has 0 aliphatic rings. The number of nitrogens with one attached hydrogen (secondary N) is 1. The molecule has 1 heterocycles. The Morgan fingerprint density at radius 2 is 2.00 bits per heavy atom. The standard InChI is InChI=1S/C12H7Br2Cl2N3O/c13-9-5-17-12(11(14)18-9)19-10(20)4-6-1-2-7(15)8(16)3-6/h1-3,5H,4H2,(H,17,19,20). The van der Waals surface area contributed by atoms with Crippen LogP contribution in [0.4, 0.5) is 5.82 Å². The van der Waals surface area contributed by atoms with E-state index in [-0.39, 0.29) is 12.3 Å². The summed E-state index contributed by atoms with van der Waals surface area (Å²) in [7, 11) is 0. The van der Waals surface area contributed by atoms with Crippen molar-refractivity contribution >= 4 is 66.8 Å². The normalized spacial score (nSPS) is 10.4. The van der Waals surface area contributed by atoms with Crippen LogP contribution < -0.4 is 5.32 Å². The lowest BCUT2D eigenvalue weighted by atomic mass is 10.1. The van der Waals surface area contributed by atoms with Crippen LogP contribution in [-0.4, -0.2) is 15.9 Å². The zero-order valence-electron chi connectivity index (χ0n) is 9.83. The summed E-state index contributed by atoms with van der Waals surface area (Å²) in [5.74, 6) is 0.138. The summed E-state index contributed by atoms with van der Waals surface area (Å²) in [5.41, 5.74) is 0.762. The largest absolute Gasteiger partial charge is 0.308 e. The fraction of sp³-hybridized carbons (Fsp3) is 0.0833. The summed E-state index contributed by atoms with van der Waals surface area (Å²) >= 11 is 18.1. The molecule has 0 fully saturated rings. The van der Waals surface area contributed by atoms with E-state index in [4.69, 9.17) is 23.2 Å². The molecule has 2 aromatic rings. The maximum atomic E-state index is 11.9. The van der Waals surface area contributed by atoms with Gasteiger partial charge in [-0.25, -0.2) is 9.97 Å². The number of anilines is 1. The van der Waals surface area contributed by atoms with Gasteiger partial charge in [0.15, 0.2) is 5.82 Å². The number of benzene rings is 1. The van der Waals surface area contributed by atoms with Gasteiger partial charge in [0.05, 0.1) is 22.7 Å². The first-order valence-electron chi connectivity index (χ1n) is 5.37. The highest BCUT2D eigenvalue weighted by Crippen LogP contribution is 2.23. The van der Waals surface area contributed by atoms with Crippen molar-refractivity contribution in [3.05, 3.63) is 49.2 Å². The maximum Gasteiger partial charge on any atom is 0.230 e. The molecule has 2 rings (SSSR count). The molecule has 0 spiro atoms. The topological polar surface area (TPSA) is 54.9 Å². The summed E-state index contributed by atoms with van der Waals surface area (Å²) in [4.78, 5) is 20.1. The predicted molar refractivity (Wildman–Crippen MR) is 86.2 cm³/mol. The third-order valence-corrected chi connectivity index (χ3v) is 3.98. The Balaban J connectivity index is 2.07. The first-order valence-corrected chi connectivity index (χ1v) is 7.71. The van der Waals surface area contributed by atoms with Crippen LogP contribution >= 0.6 is 55.1 Å². The Bertz CT molecular complexity index is 667.